The Balaban J connectivity index is 1.37. The normalized spacial score (nSPS) is 12.6. The third-order valence-corrected chi connectivity index (χ3v) is 6.40. The maximum atomic E-state index is 12.3. The molecule has 1 amide bonds. The molecule has 0 aliphatic heterocycles. The summed E-state index contributed by atoms with van der Waals surface area (Å²) in [6.07, 6.45) is 6.91. The Morgan fingerprint density at radius 2 is 1.89 bits per heavy atom. The number of amides is 1. The van der Waals surface area contributed by atoms with Crippen molar-refractivity contribution in [2.24, 2.45) is 0 Å². The number of hydrogen-bond donors (Lipinski definition) is 2. The average molecular weight is 495 g/mol. The van der Waals surface area contributed by atoms with Crippen LogP contribution >= 0.6 is 0 Å². The number of pyridine rings is 2. The first-order valence-electron chi connectivity index (χ1n) is 12.3. The molecule has 1 aromatic carbocycles. The lowest BCUT2D eigenvalue weighted by Crippen LogP contribution is -2.23. The van der Waals surface area contributed by atoms with Crippen LogP contribution in [0, 0.1) is 0 Å². The minimum absolute atomic E-state index is 0.121. The maximum Gasteiger partial charge on any atom is 0.251 e. The molecule has 4 aromatic heterocycles. The van der Waals surface area contributed by atoms with Gasteiger partial charge in [-0.3, -0.25) is 9.78 Å². The molecule has 188 valence electrons. The van der Waals surface area contributed by atoms with Crippen molar-refractivity contribution in [3.8, 4) is 11.3 Å². The van der Waals surface area contributed by atoms with Gasteiger partial charge in [0.15, 0.2) is 5.65 Å². The number of benzene rings is 1. The molecular formula is C28H30N8O. The number of rotatable bonds is 6. The molecule has 0 saturated carbocycles. The lowest BCUT2D eigenvalue weighted by molar-refractivity contribution is 0.0964. The molecule has 0 bridgehead atoms. The van der Waals surface area contributed by atoms with Crippen LogP contribution in [0.3, 0.4) is 0 Å². The molecule has 5 aromatic rings. The molecule has 0 radical (unpaired) electrons. The number of hydrogen-bond acceptors (Lipinski definition) is 7. The summed E-state index contributed by atoms with van der Waals surface area (Å²) >= 11 is 0. The van der Waals surface area contributed by atoms with Crippen molar-refractivity contribution in [3.05, 3.63) is 72.4 Å². The predicted octanol–water partition coefficient (Wildman–Crippen LogP) is 4.77. The number of carbonyl (C=O) groups excluding carboxylic acids is 1. The van der Waals surface area contributed by atoms with Crippen LogP contribution in [0.2, 0.25) is 0 Å². The third kappa shape index (κ3) is 4.72. The lowest BCUT2D eigenvalue weighted by atomic mass is 9.96. The molecule has 0 aliphatic carbocycles. The minimum atomic E-state index is -0.150. The number of aromatic nitrogens is 6. The van der Waals surface area contributed by atoms with Crippen molar-refractivity contribution < 1.29 is 4.79 Å². The van der Waals surface area contributed by atoms with Gasteiger partial charge >= 0.3 is 0 Å². The topological polar surface area (TPSA) is 111 Å². The van der Waals surface area contributed by atoms with Crippen molar-refractivity contribution in [1.82, 2.24) is 35.0 Å². The summed E-state index contributed by atoms with van der Waals surface area (Å²) in [6, 6.07) is 11.7. The molecule has 2 N–H and O–H groups in total. The van der Waals surface area contributed by atoms with E-state index in [9.17, 15) is 4.79 Å². The zero-order chi connectivity index (χ0) is 26.2. The highest BCUT2D eigenvalue weighted by atomic mass is 16.1. The molecule has 0 aliphatic rings. The van der Waals surface area contributed by atoms with Gasteiger partial charge in [-0.05, 0) is 38.5 Å². The number of anilines is 1. The van der Waals surface area contributed by atoms with E-state index in [1.165, 1.54) is 0 Å². The first-order chi connectivity index (χ1) is 17.8. The van der Waals surface area contributed by atoms with Crippen molar-refractivity contribution in [2.75, 3.05) is 18.9 Å². The fourth-order valence-electron chi connectivity index (χ4n) is 4.46. The van der Waals surface area contributed by atoms with Gasteiger partial charge in [-0.15, -0.1) is 0 Å². The van der Waals surface area contributed by atoms with E-state index in [4.69, 9.17) is 0 Å². The second-order valence-corrected chi connectivity index (χ2v) is 10.1. The summed E-state index contributed by atoms with van der Waals surface area (Å²) in [5.74, 6) is 0.722. The largest absolute Gasteiger partial charge is 0.369 e. The summed E-state index contributed by atoms with van der Waals surface area (Å²) in [7, 11) is 1.63. The van der Waals surface area contributed by atoms with Gasteiger partial charge in [-0.1, -0.05) is 25.1 Å². The van der Waals surface area contributed by atoms with E-state index in [0.717, 1.165) is 44.6 Å². The van der Waals surface area contributed by atoms with Gasteiger partial charge in [0.05, 0.1) is 28.5 Å². The highest BCUT2D eigenvalue weighted by Crippen LogP contribution is 2.28. The molecule has 9 nitrogen and oxygen atoms in total. The van der Waals surface area contributed by atoms with Gasteiger partial charge in [0, 0.05) is 54.3 Å². The Labute approximate surface area is 215 Å². The Morgan fingerprint density at radius 1 is 1.05 bits per heavy atom. The van der Waals surface area contributed by atoms with Gasteiger partial charge in [0.2, 0.25) is 0 Å². The quantitative estimate of drug-likeness (QED) is 0.350. The van der Waals surface area contributed by atoms with E-state index in [0.29, 0.717) is 12.1 Å². The number of para-hydroxylation sites is 1. The van der Waals surface area contributed by atoms with E-state index in [-0.39, 0.29) is 17.4 Å². The summed E-state index contributed by atoms with van der Waals surface area (Å²) in [5.41, 5.74) is 4.90. The van der Waals surface area contributed by atoms with Crippen molar-refractivity contribution in [1.29, 1.82) is 0 Å². The molecule has 0 saturated heterocycles. The smallest absolute Gasteiger partial charge is 0.251 e. The second kappa shape index (κ2) is 9.57. The standard InChI is InChI=1S/C28H30N8O/c1-17(20-7-6-8-21-22(27(37)29-5)9-10-30-25(20)21)13-31-24-12-23(33-16-34-24)18-11-19-15-35-36(28(2,3)4)26(19)32-14-18/h6-12,14-17H,13H2,1-5H3,(H,29,37)(H,31,33,34)/t17-/m1/s1. The number of carbonyl (C=O) groups is 1. The van der Waals surface area contributed by atoms with Gasteiger partial charge < -0.3 is 10.6 Å². The Kier molecular flexibility index (Phi) is 6.29. The monoisotopic (exact) mass is 494 g/mol. The van der Waals surface area contributed by atoms with Crippen molar-refractivity contribution in [2.45, 2.75) is 39.2 Å². The van der Waals surface area contributed by atoms with Crippen molar-refractivity contribution in [3.63, 3.8) is 0 Å². The van der Waals surface area contributed by atoms with Gasteiger partial charge in [-0.25, -0.2) is 19.6 Å². The Bertz CT molecular complexity index is 1600. The molecule has 4 heterocycles. The zero-order valence-electron chi connectivity index (χ0n) is 21.6. The van der Waals surface area contributed by atoms with Gasteiger partial charge in [0.1, 0.15) is 12.1 Å². The number of fused-ring (bicyclic) bond motifs is 2. The number of nitrogens with zero attached hydrogens (tertiary/aromatic N) is 6. The maximum absolute atomic E-state index is 12.3. The van der Waals surface area contributed by atoms with Crippen LogP contribution in [0.1, 0.15) is 49.5 Å². The minimum Gasteiger partial charge on any atom is -0.369 e. The molecular weight excluding hydrogens is 464 g/mol. The van der Waals surface area contributed by atoms with E-state index < -0.39 is 0 Å². The fraction of sp³-hybridized carbons (Fsp3) is 0.286. The first-order valence-corrected chi connectivity index (χ1v) is 12.3. The first kappa shape index (κ1) is 24.3. The number of nitrogens with one attached hydrogen (secondary N) is 2. The van der Waals surface area contributed by atoms with Crippen LogP contribution < -0.4 is 10.6 Å². The van der Waals surface area contributed by atoms with E-state index >= 15 is 0 Å². The van der Waals surface area contributed by atoms with Crippen LogP contribution in [0.4, 0.5) is 5.82 Å². The van der Waals surface area contributed by atoms with Gasteiger partial charge in [0.25, 0.3) is 5.91 Å². The molecule has 1 atom stereocenters. The summed E-state index contributed by atoms with van der Waals surface area (Å²) in [5, 5.41) is 12.5. The second-order valence-electron chi connectivity index (χ2n) is 10.1. The van der Waals surface area contributed by atoms with Crippen LogP contribution in [0.15, 0.2) is 61.3 Å². The van der Waals surface area contributed by atoms with Gasteiger partial charge in [-0.2, -0.15) is 5.10 Å². The fourth-order valence-corrected chi connectivity index (χ4v) is 4.46. The lowest BCUT2D eigenvalue weighted by Gasteiger charge is -2.19. The van der Waals surface area contributed by atoms with Crippen molar-refractivity contribution >= 4 is 33.7 Å². The summed E-state index contributed by atoms with van der Waals surface area (Å²) < 4.78 is 1.93. The molecule has 37 heavy (non-hydrogen) atoms. The average Bonchev–Trinajstić information content (AvgIpc) is 3.35. The Morgan fingerprint density at radius 3 is 2.68 bits per heavy atom. The zero-order valence-corrected chi connectivity index (χ0v) is 21.6. The predicted molar refractivity (Wildman–Crippen MR) is 146 cm³/mol. The van der Waals surface area contributed by atoms with E-state index in [1.807, 2.05) is 35.3 Å². The summed E-state index contributed by atoms with van der Waals surface area (Å²) in [6.45, 7) is 9.08. The molecule has 0 fully saturated rings. The Hall–Kier alpha value is -4.40. The van der Waals surface area contributed by atoms with Crippen LogP contribution in [0.25, 0.3) is 33.2 Å². The molecule has 5 rings (SSSR count). The highest BCUT2D eigenvalue weighted by Gasteiger charge is 2.19. The van der Waals surface area contributed by atoms with E-state index in [1.54, 1.807) is 25.6 Å². The summed E-state index contributed by atoms with van der Waals surface area (Å²) in [4.78, 5) is 30.4. The highest BCUT2D eigenvalue weighted by molar-refractivity contribution is 6.06. The van der Waals surface area contributed by atoms with Crippen LogP contribution in [0.5, 0.6) is 0 Å². The molecule has 0 unspecified atom stereocenters. The van der Waals surface area contributed by atoms with E-state index in [2.05, 4.69) is 75.5 Å². The molecule has 9 heteroatoms. The third-order valence-electron chi connectivity index (χ3n) is 6.40. The van der Waals surface area contributed by atoms with Crippen LogP contribution in [-0.4, -0.2) is 49.2 Å². The van der Waals surface area contributed by atoms with Crippen LogP contribution in [-0.2, 0) is 5.54 Å². The SMILES string of the molecule is CNC(=O)c1ccnc2c([C@H](C)CNc3cc(-c4cnc5c(cnn5C(C)(C)C)c4)ncn3)cccc12. The molecule has 0 spiro atoms.